The molecule has 0 heterocycles. The summed E-state index contributed by atoms with van der Waals surface area (Å²) >= 11 is 0. The molecule has 0 saturated heterocycles. The Kier molecular flexibility index (Phi) is 3.36. The van der Waals surface area contributed by atoms with E-state index in [1.807, 2.05) is 0 Å². The fraction of sp³-hybridized carbons (Fsp3) is 0.625. The molecule has 1 nitrogen and oxygen atoms in total. The second kappa shape index (κ2) is 3.60. The Morgan fingerprint density at radius 3 is 2.45 bits per heavy atom. The molecule has 1 unspecified atom stereocenters. The molecule has 0 saturated carbocycles. The van der Waals surface area contributed by atoms with Crippen molar-refractivity contribution in [1.29, 1.82) is 0 Å². The highest BCUT2D eigenvalue weighted by Gasteiger charge is 2.41. The molecule has 0 amide bonds. The number of rotatable bonds is 4. The molecule has 0 aromatic carbocycles. The first-order valence-corrected chi connectivity index (χ1v) is 3.50. The number of ketones is 1. The number of hydrogen-bond acceptors (Lipinski definition) is 1. The minimum atomic E-state index is -3.24. The first-order valence-electron chi connectivity index (χ1n) is 3.50. The fourth-order valence-electron chi connectivity index (χ4n) is 0.638. The summed E-state index contributed by atoms with van der Waals surface area (Å²) in [6.07, 6.45) is 0.957. The van der Waals surface area contributed by atoms with Crippen LogP contribution >= 0.6 is 0 Å². The number of alkyl halides is 2. The number of carbonyl (C=O) groups is 1. The van der Waals surface area contributed by atoms with Crippen LogP contribution in [0.1, 0.15) is 20.3 Å². The topological polar surface area (TPSA) is 17.1 Å². The third-order valence-corrected chi connectivity index (χ3v) is 1.62. The Balaban J connectivity index is 4.43. The second-order valence-corrected chi connectivity index (χ2v) is 2.42. The molecular weight excluding hydrogens is 150 g/mol. The monoisotopic (exact) mass is 162 g/mol. The molecule has 0 aliphatic heterocycles. The van der Waals surface area contributed by atoms with Gasteiger partial charge in [-0.1, -0.05) is 19.9 Å². The van der Waals surface area contributed by atoms with E-state index in [4.69, 9.17) is 0 Å². The summed E-state index contributed by atoms with van der Waals surface area (Å²) in [7, 11) is 0. The maximum absolute atomic E-state index is 12.8. The van der Waals surface area contributed by atoms with Gasteiger partial charge in [-0.3, -0.25) is 4.79 Å². The van der Waals surface area contributed by atoms with Crippen molar-refractivity contribution in [2.45, 2.75) is 26.2 Å². The first-order chi connectivity index (χ1) is 4.96. The minimum Gasteiger partial charge on any atom is -0.293 e. The Morgan fingerprint density at radius 1 is 1.73 bits per heavy atom. The van der Waals surface area contributed by atoms with Crippen LogP contribution in [-0.4, -0.2) is 11.7 Å². The van der Waals surface area contributed by atoms with Crippen LogP contribution in [0.4, 0.5) is 8.78 Å². The van der Waals surface area contributed by atoms with Crippen molar-refractivity contribution < 1.29 is 13.6 Å². The van der Waals surface area contributed by atoms with Gasteiger partial charge in [0.1, 0.15) is 0 Å². The summed E-state index contributed by atoms with van der Waals surface area (Å²) in [6.45, 7) is 5.91. The zero-order valence-electron chi connectivity index (χ0n) is 6.73. The molecule has 64 valence electrons. The Labute approximate surface area is 65.1 Å². The predicted octanol–water partition coefficient (Wildman–Crippen LogP) is 2.42. The largest absolute Gasteiger partial charge is 0.311 e. The zero-order chi connectivity index (χ0) is 9.07. The maximum Gasteiger partial charge on any atom is 0.311 e. The van der Waals surface area contributed by atoms with E-state index < -0.39 is 17.6 Å². The summed E-state index contributed by atoms with van der Waals surface area (Å²) in [5.41, 5.74) is 0. The molecule has 0 aromatic rings. The van der Waals surface area contributed by atoms with Crippen molar-refractivity contribution in [2.75, 3.05) is 0 Å². The number of hydrogen-bond donors (Lipinski definition) is 0. The Bertz CT molecular complexity index is 163. The van der Waals surface area contributed by atoms with Gasteiger partial charge in [-0.2, -0.15) is 8.78 Å². The lowest BCUT2D eigenvalue weighted by molar-refractivity contribution is -0.147. The Morgan fingerprint density at radius 2 is 2.18 bits per heavy atom. The quantitative estimate of drug-likeness (QED) is 0.580. The van der Waals surface area contributed by atoms with E-state index >= 15 is 0 Å². The van der Waals surface area contributed by atoms with Gasteiger partial charge in [0.2, 0.25) is 5.78 Å². The SMILES string of the molecule is C=CC(C)C(F)(F)C(=O)CC. The molecule has 3 heteroatoms. The van der Waals surface area contributed by atoms with E-state index in [0.29, 0.717) is 0 Å². The second-order valence-electron chi connectivity index (χ2n) is 2.42. The third kappa shape index (κ3) is 2.10. The lowest BCUT2D eigenvalue weighted by Gasteiger charge is -2.18. The summed E-state index contributed by atoms with van der Waals surface area (Å²) in [5, 5.41) is 0. The fourth-order valence-corrected chi connectivity index (χ4v) is 0.638. The highest BCUT2D eigenvalue weighted by Crippen LogP contribution is 2.27. The van der Waals surface area contributed by atoms with E-state index in [1.54, 1.807) is 0 Å². The maximum atomic E-state index is 12.8. The van der Waals surface area contributed by atoms with Gasteiger partial charge < -0.3 is 0 Å². The molecule has 11 heavy (non-hydrogen) atoms. The van der Waals surface area contributed by atoms with Gasteiger partial charge >= 0.3 is 5.92 Å². The van der Waals surface area contributed by atoms with Gasteiger partial charge in [-0.05, 0) is 0 Å². The molecule has 0 fully saturated rings. The summed E-state index contributed by atoms with van der Waals surface area (Å²) in [4.78, 5) is 10.6. The smallest absolute Gasteiger partial charge is 0.293 e. The van der Waals surface area contributed by atoms with Crippen molar-refractivity contribution >= 4 is 5.78 Å². The van der Waals surface area contributed by atoms with Crippen LogP contribution in [0.5, 0.6) is 0 Å². The van der Waals surface area contributed by atoms with Gasteiger partial charge in [0.25, 0.3) is 0 Å². The van der Waals surface area contributed by atoms with Crippen molar-refractivity contribution in [2.24, 2.45) is 5.92 Å². The minimum absolute atomic E-state index is 0.134. The van der Waals surface area contributed by atoms with Gasteiger partial charge in [-0.15, -0.1) is 6.58 Å². The lowest BCUT2D eigenvalue weighted by atomic mass is 9.99. The molecule has 0 bridgehead atoms. The molecule has 0 spiro atoms. The van der Waals surface area contributed by atoms with Gasteiger partial charge in [-0.25, -0.2) is 0 Å². The van der Waals surface area contributed by atoms with Crippen molar-refractivity contribution in [1.82, 2.24) is 0 Å². The highest BCUT2D eigenvalue weighted by molar-refractivity contribution is 5.85. The molecular formula is C8H12F2O. The van der Waals surface area contributed by atoms with Crippen LogP contribution in [-0.2, 0) is 4.79 Å². The molecule has 1 atom stereocenters. The van der Waals surface area contributed by atoms with Crippen LogP contribution in [0.2, 0.25) is 0 Å². The van der Waals surface area contributed by atoms with Crippen LogP contribution in [0.3, 0.4) is 0 Å². The van der Waals surface area contributed by atoms with E-state index in [-0.39, 0.29) is 6.42 Å². The highest BCUT2D eigenvalue weighted by atomic mass is 19.3. The normalized spacial score (nSPS) is 14.2. The van der Waals surface area contributed by atoms with Crippen LogP contribution in [0.25, 0.3) is 0 Å². The van der Waals surface area contributed by atoms with E-state index in [2.05, 4.69) is 6.58 Å². The van der Waals surface area contributed by atoms with Gasteiger partial charge in [0.15, 0.2) is 0 Å². The van der Waals surface area contributed by atoms with Gasteiger partial charge in [0, 0.05) is 12.3 Å². The van der Waals surface area contributed by atoms with Crippen molar-refractivity contribution in [3.05, 3.63) is 12.7 Å². The standard InChI is InChI=1S/C8H12F2O/c1-4-6(3)8(9,10)7(11)5-2/h4,6H,1,5H2,2-3H3. The average Bonchev–Trinajstić information content (AvgIpc) is 2.01. The third-order valence-electron chi connectivity index (χ3n) is 1.62. The first kappa shape index (κ1) is 10.3. The van der Waals surface area contributed by atoms with E-state index in [0.717, 1.165) is 6.08 Å². The van der Waals surface area contributed by atoms with Crippen molar-refractivity contribution in [3.63, 3.8) is 0 Å². The van der Waals surface area contributed by atoms with Crippen molar-refractivity contribution in [3.8, 4) is 0 Å². The van der Waals surface area contributed by atoms with E-state index in [1.165, 1.54) is 13.8 Å². The number of Topliss-reactive ketones (excluding diaryl/α,β-unsaturated/α-hetero) is 1. The Hall–Kier alpha value is -0.730. The van der Waals surface area contributed by atoms with Crippen LogP contribution in [0, 0.1) is 5.92 Å². The lowest BCUT2D eigenvalue weighted by Crippen LogP contribution is -2.34. The number of halogens is 2. The van der Waals surface area contributed by atoms with Crippen LogP contribution in [0.15, 0.2) is 12.7 Å². The van der Waals surface area contributed by atoms with E-state index in [9.17, 15) is 13.6 Å². The molecule has 0 N–H and O–H groups in total. The van der Waals surface area contributed by atoms with Gasteiger partial charge in [0.05, 0.1) is 0 Å². The van der Waals surface area contributed by atoms with Crippen LogP contribution < -0.4 is 0 Å². The molecule has 0 aliphatic carbocycles. The zero-order valence-corrected chi connectivity index (χ0v) is 6.73. The number of allylic oxidation sites excluding steroid dienone is 1. The molecule has 0 radical (unpaired) electrons. The molecule has 0 aliphatic rings. The number of carbonyl (C=O) groups excluding carboxylic acids is 1. The summed E-state index contributed by atoms with van der Waals surface area (Å²) < 4.78 is 25.6. The molecule has 0 aromatic heterocycles. The predicted molar refractivity (Wildman–Crippen MR) is 39.6 cm³/mol. The summed E-state index contributed by atoms with van der Waals surface area (Å²) in [6, 6.07) is 0. The summed E-state index contributed by atoms with van der Waals surface area (Å²) in [5.74, 6) is -5.34. The average molecular weight is 162 g/mol. The molecule has 0 rings (SSSR count).